The number of benzene rings is 1. The zero-order chi connectivity index (χ0) is 18.1. The Hall–Kier alpha value is -3.75. The van der Waals surface area contributed by atoms with Crippen LogP contribution in [0.2, 0.25) is 0 Å². The number of hydrogen-bond donors (Lipinski definition) is 3. The largest absolute Gasteiger partial charge is 0.508 e. The molecule has 0 saturated heterocycles. The van der Waals surface area contributed by atoms with Crippen molar-refractivity contribution < 1.29 is 9.90 Å². The lowest BCUT2D eigenvalue weighted by atomic mass is 9.95. The summed E-state index contributed by atoms with van der Waals surface area (Å²) < 4.78 is 1.51. The summed E-state index contributed by atoms with van der Waals surface area (Å²) in [5.41, 5.74) is 2.34. The van der Waals surface area contributed by atoms with Gasteiger partial charge >= 0.3 is 0 Å². The maximum Gasteiger partial charge on any atom is 0.255 e. The van der Waals surface area contributed by atoms with E-state index in [1.165, 1.54) is 4.68 Å². The fourth-order valence-electron chi connectivity index (χ4n) is 2.94. The molecular weight excluding hydrogens is 334 g/mol. The van der Waals surface area contributed by atoms with Gasteiger partial charge in [-0.2, -0.15) is 4.68 Å². The molecule has 0 fully saturated rings. The van der Waals surface area contributed by atoms with Crippen LogP contribution in [0, 0.1) is 0 Å². The Morgan fingerprint density at radius 1 is 1.31 bits per heavy atom. The molecule has 1 atom stereocenters. The monoisotopic (exact) mass is 349 g/mol. The number of tetrazole rings is 1. The Balaban J connectivity index is 1.78. The van der Waals surface area contributed by atoms with E-state index in [1.807, 2.05) is 6.07 Å². The lowest BCUT2D eigenvalue weighted by Gasteiger charge is -2.28. The number of rotatable bonds is 3. The van der Waals surface area contributed by atoms with Crippen molar-refractivity contribution in [1.82, 2.24) is 25.2 Å². The van der Waals surface area contributed by atoms with Gasteiger partial charge in [-0.25, -0.2) is 0 Å². The quantitative estimate of drug-likeness (QED) is 0.658. The molecule has 9 heteroatoms. The van der Waals surface area contributed by atoms with E-state index in [1.54, 1.807) is 49.6 Å². The molecule has 26 heavy (non-hydrogen) atoms. The van der Waals surface area contributed by atoms with Crippen molar-refractivity contribution >= 4 is 17.5 Å². The minimum atomic E-state index is -0.579. The molecule has 9 nitrogen and oxygen atoms in total. The average molecular weight is 349 g/mol. The van der Waals surface area contributed by atoms with E-state index in [-0.39, 0.29) is 11.7 Å². The summed E-state index contributed by atoms with van der Waals surface area (Å²) >= 11 is 0. The highest BCUT2D eigenvalue weighted by Crippen LogP contribution is 2.35. The number of aromatic hydroxyl groups is 1. The molecule has 3 aromatic rings. The van der Waals surface area contributed by atoms with E-state index in [2.05, 4.69) is 31.1 Å². The highest BCUT2D eigenvalue weighted by atomic mass is 16.3. The topological polar surface area (TPSA) is 118 Å². The number of carbonyl (C=O) groups excluding carboxylic acids is 1. The first-order chi connectivity index (χ1) is 12.6. The maximum absolute atomic E-state index is 13.0. The van der Waals surface area contributed by atoms with Crippen molar-refractivity contribution in [3.8, 4) is 5.75 Å². The molecule has 130 valence electrons. The second-order valence-electron chi connectivity index (χ2n) is 5.80. The Labute approximate surface area is 148 Å². The zero-order valence-electron chi connectivity index (χ0n) is 13.8. The fourth-order valence-corrected chi connectivity index (χ4v) is 2.94. The SMILES string of the molecule is CC1=C(C(=O)Nc2cccnc2)[C@H](c2cccc(O)c2)n2nnnc2N1. The third-order valence-electron chi connectivity index (χ3n) is 4.06. The van der Waals surface area contributed by atoms with Crippen LogP contribution in [0.25, 0.3) is 0 Å². The van der Waals surface area contributed by atoms with Gasteiger partial charge in [0.2, 0.25) is 5.95 Å². The summed E-state index contributed by atoms with van der Waals surface area (Å²) in [6.45, 7) is 1.78. The molecule has 2 aromatic heterocycles. The summed E-state index contributed by atoms with van der Waals surface area (Å²) in [5.74, 6) is 0.214. The Bertz CT molecular complexity index is 997. The smallest absolute Gasteiger partial charge is 0.255 e. The molecule has 3 heterocycles. The van der Waals surface area contributed by atoms with Crippen LogP contribution in [0.4, 0.5) is 11.6 Å². The van der Waals surface area contributed by atoms with Gasteiger partial charge in [0, 0.05) is 11.9 Å². The molecule has 0 radical (unpaired) electrons. The summed E-state index contributed by atoms with van der Waals surface area (Å²) in [7, 11) is 0. The van der Waals surface area contributed by atoms with Crippen LogP contribution < -0.4 is 10.6 Å². The summed E-state index contributed by atoms with van der Waals surface area (Å²) in [5, 5.41) is 27.4. The van der Waals surface area contributed by atoms with Crippen molar-refractivity contribution in [2.24, 2.45) is 0 Å². The van der Waals surface area contributed by atoms with Gasteiger partial charge in [0.15, 0.2) is 0 Å². The first kappa shape index (κ1) is 15.8. The van der Waals surface area contributed by atoms with Crippen molar-refractivity contribution in [3.63, 3.8) is 0 Å². The Morgan fingerprint density at radius 3 is 2.96 bits per heavy atom. The van der Waals surface area contributed by atoms with Crippen LogP contribution in [0.1, 0.15) is 18.5 Å². The molecule has 0 aliphatic carbocycles. The lowest BCUT2D eigenvalue weighted by Crippen LogP contribution is -2.31. The lowest BCUT2D eigenvalue weighted by molar-refractivity contribution is -0.113. The number of carbonyl (C=O) groups is 1. The van der Waals surface area contributed by atoms with Crippen LogP contribution in [-0.2, 0) is 4.79 Å². The molecule has 3 N–H and O–H groups in total. The van der Waals surface area contributed by atoms with Crippen molar-refractivity contribution in [2.75, 3.05) is 10.6 Å². The van der Waals surface area contributed by atoms with Crippen molar-refractivity contribution in [1.29, 1.82) is 0 Å². The maximum atomic E-state index is 13.0. The van der Waals surface area contributed by atoms with Crippen LogP contribution in [0.15, 0.2) is 60.1 Å². The van der Waals surface area contributed by atoms with Gasteiger partial charge in [-0.3, -0.25) is 9.78 Å². The van der Waals surface area contributed by atoms with Crippen LogP contribution in [-0.4, -0.2) is 36.2 Å². The van der Waals surface area contributed by atoms with Crippen LogP contribution in [0.5, 0.6) is 5.75 Å². The van der Waals surface area contributed by atoms with Crippen molar-refractivity contribution in [2.45, 2.75) is 13.0 Å². The van der Waals surface area contributed by atoms with Crippen LogP contribution >= 0.6 is 0 Å². The standard InChI is InChI=1S/C17H15N7O2/c1-10-14(16(26)20-12-5-3-7-18-9-12)15(11-4-2-6-13(25)8-11)24-17(19-10)21-22-23-24/h2-9,15,25H,1H3,(H,20,26)(H,19,21,23)/t15-/m0/s1. The van der Waals surface area contributed by atoms with Gasteiger partial charge in [-0.05, 0) is 47.2 Å². The number of allylic oxidation sites excluding steroid dienone is 1. The average Bonchev–Trinajstić information content (AvgIpc) is 3.09. The molecule has 0 bridgehead atoms. The van der Waals surface area contributed by atoms with Gasteiger partial charge in [0.05, 0.1) is 17.5 Å². The summed E-state index contributed by atoms with van der Waals surface area (Å²) in [6.07, 6.45) is 3.20. The molecule has 4 rings (SSSR count). The summed E-state index contributed by atoms with van der Waals surface area (Å²) in [4.78, 5) is 17.0. The molecular formula is C17H15N7O2. The minimum Gasteiger partial charge on any atom is -0.508 e. The molecule has 0 saturated carbocycles. The van der Waals surface area contributed by atoms with E-state index in [0.717, 1.165) is 0 Å². The number of phenols is 1. The van der Waals surface area contributed by atoms with E-state index in [9.17, 15) is 9.90 Å². The number of nitrogens with one attached hydrogen (secondary N) is 2. The molecule has 1 amide bonds. The number of pyridine rings is 1. The fraction of sp³-hybridized carbons (Fsp3) is 0.118. The molecule has 1 aromatic carbocycles. The first-order valence-corrected chi connectivity index (χ1v) is 7.89. The minimum absolute atomic E-state index is 0.0975. The third-order valence-corrected chi connectivity index (χ3v) is 4.06. The molecule has 0 unspecified atom stereocenters. The Morgan fingerprint density at radius 2 is 2.19 bits per heavy atom. The van der Waals surface area contributed by atoms with Crippen molar-refractivity contribution in [3.05, 3.63) is 65.6 Å². The van der Waals surface area contributed by atoms with E-state index in [0.29, 0.717) is 28.5 Å². The number of amides is 1. The number of aromatic nitrogens is 5. The van der Waals surface area contributed by atoms with E-state index < -0.39 is 6.04 Å². The van der Waals surface area contributed by atoms with Crippen LogP contribution in [0.3, 0.4) is 0 Å². The number of fused-ring (bicyclic) bond motifs is 1. The predicted octanol–water partition coefficient (Wildman–Crippen LogP) is 1.70. The van der Waals surface area contributed by atoms with Gasteiger partial charge < -0.3 is 15.7 Å². The Kier molecular flexibility index (Phi) is 3.81. The molecule has 0 spiro atoms. The highest BCUT2D eigenvalue weighted by molar-refractivity contribution is 6.05. The predicted molar refractivity (Wildman–Crippen MR) is 93.3 cm³/mol. The third kappa shape index (κ3) is 2.75. The number of anilines is 2. The number of nitrogens with zero attached hydrogens (tertiary/aromatic N) is 5. The highest BCUT2D eigenvalue weighted by Gasteiger charge is 2.34. The number of hydrogen-bond acceptors (Lipinski definition) is 7. The second-order valence-corrected chi connectivity index (χ2v) is 5.80. The first-order valence-electron chi connectivity index (χ1n) is 7.89. The van der Waals surface area contributed by atoms with E-state index >= 15 is 0 Å². The number of phenolic OH excluding ortho intramolecular Hbond substituents is 1. The van der Waals surface area contributed by atoms with Gasteiger partial charge in [0.1, 0.15) is 11.8 Å². The molecule has 1 aliphatic rings. The van der Waals surface area contributed by atoms with Gasteiger partial charge in [-0.15, -0.1) is 0 Å². The normalized spacial score (nSPS) is 16.0. The molecule has 1 aliphatic heterocycles. The van der Waals surface area contributed by atoms with Gasteiger partial charge in [0.25, 0.3) is 5.91 Å². The summed E-state index contributed by atoms with van der Waals surface area (Å²) in [6, 6.07) is 9.59. The zero-order valence-corrected chi connectivity index (χ0v) is 13.8. The van der Waals surface area contributed by atoms with Gasteiger partial charge in [-0.1, -0.05) is 17.2 Å². The van der Waals surface area contributed by atoms with E-state index in [4.69, 9.17) is 0 Å². The second kappa shape index (κ2) is 6.28.